The summed E-state index contributed by atoms with van der Waals surface area (Å²) in [6, 6.07) is 7.49. The third-order valence-electron chi connectivity index (χ3n) is 16.2. The van der Waals surface area contributed by atoms with Crippen molar-refractivity contribution in [1.82, 2.24) is 9.80 Å². The SMILES string of the molecule is C#C[C@@]12O/C=C/[C@H](OC)[C@@H](C)[C@@H](OC(=O)CC(=O)Nc3ccc(CN4CCCCC4)cc3)[C@H](C)[C@H](O)[C@H](C)[C@@H](O)[C@@H](C)/C=C/C=C(/C)C(=O)Nc3c(O)c4c(O)c(C)c(c(c4c4c3=NC3(CCN(CC(C)C)CC3)N=4)C1=O)O2. The van der Waals surface area contributed by atoms with Gasteiger partial charge in [0.15, 0.2) is 11.4 Å². The number of carbonyl (C=O) groups is 4. The Labute approximate surface area is 456 Å². The largest absolute Gasteiger partial charge is 0.507 e. The number of allylic oxidation sites excluding steroid dienone is 2. The molecule has 0 aromatic heterocycles. The number of piperidine rings is 2. The van der Waals surface area contributed by atoms with Crippen molar-refractivity contribution in [2.45, 2.75) is 136 Å². The zero-order valence-corrected chi connectivity index (χ0v) is 46.3. The Morgan fingerprint density at radius 3 is 2.23 bits per heavy atom. The number of ketones is 1. The first-order valence-corrected chi connectivity index (χ1v) is 27.3. The van der Waals surface area contributed by atoms with Crippen LogP contribution in [0.1, 0.15) is 108 Å². The summed E-state index contributed by atoms with van der Waals surface area (Å²) < 4.78 is 24.4. The molecule has 2 saturated heterocycles. The first-order valence-electron chi connectivity index (χ1n) is 27.3. The van der Waals surface area contributed by atoms with E-state index in [4.69, 9.17) is 35.4 Å². The average molecular weight is 1070 g/mol. The summed E-state index contributed by atoms with van der Waals surface area (Å²) >= 11 is 0. The van der Waals surface area contributed by atoms with Crippen molar-refractivity contribution < 1.29 is 58.6 Å². The summed E-state index contributed by atoms with van der Waals surface area (Å²) in [5.41, 5.74) is 0.602. The van der Waals surface area contributed by atoms with Gasteiger partial charge in [-0.2, -0.15) is 0 Å². The predicted molar refractivity (Wildman–Crippen MR) is 294 cm³/mol. The van der Waals surface area contributed by atoms with Gasteiger partial charge in [-0.1, -0.05) is 78.3 Å². The summed E-state index contributed by atoms with van der Waals surface area (Å²) in [5.74, 6) is -6.79. The molecule has 0 saturated carbocycles. The number of nitrogens with zero attached hydrogens (tertiary/aromatic N) is 4. The van der Waals surface area contributed by atoms with Gasteiger partial charge in [0.1, 0.15) is 35.1 Å². The minimum absolute atomic E-state index is 0.0142. The number of hydrogen-bond donors (Lipinski definition) is 6. The van der Waals surface area contributed by atoms with Crippen LogP contribution in [-0.4, -0.2) is 129 Å². The van der Waals surface area contributed by atoms with Crippen LogP contribution in [0.25, 0.3) is 10.8 Å². The Kier molecular flexibility index (Phi) is 17.5. The molecule has 0 radical (unpaired) electrons. The van der Waals surface area contributed by atoms with Crippen LogP contribution in [0.2, 0.25) is 0 Å². The first kappa shape index (κ1) is 57.6. The highest BCUT2D eigenvalue weighted by Gasteiger charge is 2.53. The fourth-order valence-electron chi connectivity index (χ4n) is 11.6. The maximum Gasteiger partial charge on any atom is 0.383 e. The molecule has 6 aliphatic rings. The van der Waals surface area contributed by atoms with E-state index >= 15 is 4.79 Å². The standard InChI is InChI=1S/C60H76N6O12/c1-11-60-57(73)47-45-46(53(71)39(9)56(47)78-60)54(72)50(49-48(45)63-59(64-49)23-27-66(28-24-59)31-33(2)3)62-58(74)35(5)17-15-16-34(4)51(69)37(7)52(70)38(8)55(36(6)42(75-10)22-29-76-60)77-44(68)30-43(67)61-41-20-18-40(19-21-41)32-65-25-13-12-14-26-65/h1,15-22,29,33-34,36-38,42,51-52,55,69-72H,12-14,23-28,30-32H2,2-10H3,(H,61,67)(H,62,74)/b16-15+,29-22+,35-17-/t34-,36+,37+,38+,42-,51-,52+,55+,60-/m0/s1. The molecule has 0 aliphatic carbocycles. The molecule has 2 fully saturated rings. The van der Waals surface area contributed by atoms with E-state index in [1.807, 2.05) is 12.1 Å². The molecule has 5 bridgehead atoms. The number of carbonyl (C=O) groups excluding carboxylic acids is 4. The monoisotopic (exact) mass is 1070 g/mol. The molecular weight excluding hydrogens is 997 g/mol. The molecule has 1 spiro atoms. The summed E-state index contributed by atoms with van der Waals surface area (Å²) in [7, 11) is 1.41. The lowest BCUT2D eigenvalue weighted by Gasteiger charge is -2.38. The second kappa shape index (κ2) is 23.8. The number of nitrogens with one attached hydrogen (secondary N) is 2. The number of Topliss-reactive ketones (excluding diaryl/α,β-unsaturated/α-hetero) is 1. The van der Waals surface area contributed by atoms with Gasteiger partial charge < -0.3 is 54.9 Å². The number of rotatable bonds is 9. The zero-order chi connectivity index (χ0) is 56.4. The smallest absolute Gasteiger partial charge is 0.383 e. The van der Waals surface area contributed by atoms with Crippen LogP contribution in [-0.2, 0) is 35.1 Å². The molecule has 3 aromatic rings. The van der Waals surface area contributed by atoms with Gasteiger partial charge in [-0.05, 0) is 75.4 Å². The number of aliphatic hydroxyl groups excluding tert-OH is 2. The van der Waals surface area contributed by atoms with Crippen molar-refractivity contribution in [1.29, 1.82) is 0 Å². The highest BCUT2D eigenvalue weighted by molar-refractivity contribution is 6.20. The number of aromatic hydroxyl groups is 2. The van der Waals surface area contributed by atoms with Crippen molar-refractivity contribution in [3.63, 3.8) is 0 Å². The maximum absolute atomic E-state index is 15.1. The van der Waals surface area contributed by atoms with Gasteiger partial charge in [-0.15, -0.1) is 6.42 Å². The average Bonchev–Trinajstić information content (AvgIpc) is 4.17. The van der Waals surface area contributed by atoms with E-state index in [-0.39, 0.29) is 49.6 Å². The van der Waals surface area contributed by atoms with Crippen molar-refractivity contribution >= 4 is 45.7 Å². The number of fused-ring (bicyclic) bond motifs is 13. The molecule has 418 valence electrons. The Bertz CT molecular complexity index is 3060. The molecule has 9 atom stereocenters. The molecule has 6 N–H and O–H groups in total. The van der Waals surface area contributed by atoms with E-state index in [1.165, 1.54) is 45.4 Å². The minimum atomic E-state index is -2.46. The fraction of sp³-hybridized carbons (Fsp3) is 0.533. The van der Waals surface area contributed by atoms with Crippen LogP contribution in [0.3, 0.4) is 0 Å². The third kappa shape index (κ3) is 11.7. The number of phenols is 2. The number of likely N-dealkylation sites (tertiary alicyclic amines) is 2. The summed E-state index contributed by atoms with van der Waals surface area (Å²) in [4.78, 5) is 71.4. The number of esters is 1. The number of aliphatic hydroxyl groups is 2. The topological polar surface area (TPSA) is 241 Å². The second-order valence-corrected chi connectivity index (χ2v) is 22.4. The van der Waals surface area contributed by atoms with Crippen LogP contribution in [0.4, 0.5) is 11.4 Å². The molecule has 3 aromatic carbocycles. The highest BCUT2D eigenvalue weighted by Crippen LogP contribution is 2.50. The Balaban J connectivity index is 1.14. The Morgan fingerprint density at radius 1 is 0.897 bits per heavy atom. The molecule has 18 nitrogen and oxygen atoms in total. The normalized spacial score (nSPS) is 29.3. The van der Waals surface area contributed by atoms with Crippen LogP contribution in [0, 0.1) is 48.9 Å². The molecule has 0 unspecified atom stereocenters. The van der Waals surface area contributed by atoms with E-state index < -0.39 is 101 Å². The highest BCUT2D eigenvalue weighted by atomic mass is 16.7. The van der Waals surface area contributed by atoms with Gasteiger partial charge in [0, 0.05) is 92.0 Å². The van der Waals surface area contributed by atoms with E-state index in [9.17, 15) is 34.8 Å². The van der Waals surface area contributed by atoms with E-state index in [0.29, 0.717) is 37.5 Å². The molecule has 6 aliphatic heterocycles. The number of ether oxygens (including phenoxy) is 4. The van der Waals surface area contributed by atoms with Crippen molar-refractivity contribution in [2.75, 3.05) is 50.5 Å². The summed E-state index contributed by atoms with van der Waals surface area (Å²) in [5, 5.41) is 53.6. The number of anilines is 2. The summed E-state index contributed by atoms with van der Waals surface area (Å²) in [6.45, 7) is 19.2. The lowest BCUT2D eigenvalue weighted by atomic mass is 9.78. The molecule has 78 heavy (non-hydrogen) atoms. The summed E-state index contributed by atoms with van der Waals surface area (Å²) in [6.07, 6.45) is 12.9. The lowest BCUT2D eigenvalue weighted by Crippen LogP contribution is -2.47. The number of methoxy groups -OCH3 is 1. The second-order valence-electron chi connectivity index (χ2n) is 22.4. The number of phenolic OH excluding ortho intramolecular Hbond substituents is 2. The molecular formula is C60H76N6O12. The molecule has 6 heterocycles. The number of benzene rings is 3. The number of amides is 2. The van der Waals surface area contributed by atoms with Crippen molar-refractivity contribution in [2.24, 2.45) is 39.6 Å². The number of terminal acetylenes is 1. The zero-order valence-electron chi connectivity index (χ0n) is 46.3. The first-order chi connectivity index (χ1) is 37.1. The lowest BCUT2D eigenvalue weighted by molar-refractivity contribution is -0.164. The van der Waals surface area contributed by atoms with Crippen LogP contribution >= 0.6 is 0 Å². The van der Waals surface area contributed by atoms with Crippen molar-refractivity contribution in [3.8, 4) is 29.6 Å². The van der Waals surface area contributed by atoms with Crippen LogP contribution < -0.4 is 26.1 Å². The minimum Gasteiger partial charge on any atom is -0.507 e. The van der Waals surface area contributed by atoms with Gasteiger partial charge in [-0.25, -0.2) is 0 Å². The molecule has 9 rings (SSSR count). The maximum atomic E-state index is 15.1. The quantitative estimate of drug-likeness (QED) is 0.0592. The Morgan fingerprint density at radius 2 is 1.58 bits per heavy atom. The third-order valence-corrected chi connectivity index (χ3v) is 16.2. The molecule has 18 heteroatoms. The van der Waals surface area contributed by atoms with Gasteiger partial charge in [-0.3, -0.25) is 34.1 Å². The van der Waals surface area contributed by atoms with Gasteiger partial charge in [0.25, 0.3) is 11.7 Å². The fourth-order valence-corrected chi connectivity index (χ4v) is 11.6. The molecule has 2 amide bonds. The van der Waals surface area contributed by atoms with Gasteiger partial charge >= 0.3 is 11.8 Å². The van der Waals surface area contributed by atoms with Crippen LogP contribution in [0.15, 0.2) is 70.4 Å². The van der Waals surface area contributed by atoms with E-state index in [0.717, 1.165) is 38.0 Å². The predicted octanol–water partition coefficient (Wildman–Crippen LogP) is 6.36. The van der Waals surface area contributed by atoms with Gasteiger partial charge in [0.2, 0.25) is 5.91 Å². The van der Waals surface area contributed by atoms with Gasteiger partial charge in [0.05, 0.1) is 40.9 Å². The number of hydrogen-bond acceptors (Lipinski definition) is 16. The van der Waals surface area contributed by atoms with Crippen molar-refractivity contribution in [3.05, 3.63) is 87.8 Å². The van der Waals surface area contributed by atoms with E-state index in [1.54, 1.807) is 58.9 Å². The Hall–Kier alpha value is -6.62. The van der Waals surface area contributed by atoms with E-state index in [2.05, 4.69) is 40.2 Å². The van der Waals surface area contributed by atoms with Crippen LogP contribution in [0.5, 0.6) is 17.2 Å².